The molecule has 2 aromatic carbocycles. The van der Waals surface area contributed by atoms with Crippen LogP contribution in [0.1, 0.15) is 62.1 Å². The summed E-state index contributed by atoms with van der Waals surface area (Å²) >= 11 is 0. The molecule has 202 valence electrons. The third kappa shape index (κ3) is 8.59. The number of benzene rings is 2. The van der Waals surface area contributed by atoms with Crippen molar-refractivity contribution >= 4 is 27.5 Å². The fourth-order valence-electron chi connectivity index (χ4n) is 5.06. The number of rotatable bonds is 12. The summed E-state index contributed by atoms with van der Waals surface area (Å²) in [5, 5.41) is 3.12. The minimum absolute atomic E-state index is 0.124. The molecular weight excluding hydrogens is 486 g/mol. The Bertz CT molecular complexity index is 1140. The van der Waals surface area contributed by atoms with Crippen LogP contribution >= 0.6 is 0 Å². The maximum absolute atomic E-state index is 13.4. The fraction of sp³-hybridized carbons (Fsp3) is 0.517. The van der Waals surface area contributed by atoms with Gasteiger partial charge in [-0.05, 0) is 75.3 Å². The topological polar surface area (TPSA) is 86.8 Å². The summed E-state index contributed by atoms with van der Waals surface area (Å²) in [6, 6.07) is 15.2. The van der Waals surface area contributed by atoms with Crippen molar-refractivity contribution in [3.05, 3.63) is 65.2 Å². The quantitative estimate of drug-likeness (QED) is 0.444. The van der Waals surface area contributed by atoms with Crippen molar-refractivity contribution < 1.29 is 18.0 Å². The largest absolute Gasteiger partial charge is 0.352 e. The Morgan fingerprint density at radius 2 is 1.62 bits per heavy atom. The summed E-state index contributed by atoms with van der Waals surface area (Å²) in [4.78, 5) is 28.1. The Hall–Kier alpha value is -2.87. The van der Waals surface area contributed by atoms with Gasteiger partial charge in [0.05, 0.1) is 11.9 Å². The first kappa shape index (κ1) is 28.7. The minimum Gasteiger partial charge on any atom is -0.352 e. The molecule has 1 fully saturated rings. The lowest BCUT2D eigenvalue weighted by Gasteiger charge is -2.30. The van der Waals surface area contributed by atoms with Gasteiger partial charge in [-0.1, -0.05) is 49.2 Å². The average Bonchev–Trinajstić information content (AvgIpc) is 3.34. The lowest BCUT2D eigenvalue weighted by atomic mass is 10.1. The number of sulfonamides is 1. The molecule has 1 saturated carbocycles. The molecule has 0 aromatic heterocycles. The zero-order chi connectivity index (χ0) is 27.0. The Labute approximate surface area is 222 Å². The Balaban J connectivity index is 1.69. The standard InChI is InChI=1S/C29H41N3O4S/c1-22-19-23(2)21-27(20-22)32(37(4,35)36)17-10-15-28(33)31(18-16-25-11-6-5-7-12-25)24(3)29(34)30-26-13-8-9-14-26/h5-7,11-12,19-21,24,26H,8-10,13-18H2,1-4H3,(H,30,34)/t24-/m1/s1. The lowest BCUT2D eigenvalue weighted by Crippen LogP contribution is -2.50. The zero-order valence-electron chi connectivity index (χ0n) is 22.6. The molecule has 0 unspecified atom stereocenters. The van der Waals surface area contributed by atoms with Crippen molar-refractivity contribution in [1.29, 1.82) is 0 Å². The number of aryl methyl sites for hydroxylation is 2. The second kappa shape index (κ2) is 13.1. The predicted molar refractivity (Wildman–Crippen MR) is 149 cm³/mol. The highest BCUT2D eigenvalue weighted by molar-refractivity contribution is 7.92. The maximum Gasteiger partial charge on any atom is 0.242 e. The highest BCUT2D eigenvalue weighted by Crippen LogP contribution is 2.22. The minimum atomic E-state index is -3.51. The second-order valence-corrected chi connectivity index (χ2v) is 12.2. The Morgan fingerprint density at radius 3 is 2.22 bits per heavy atom. The van der Waals surface area contributed by atoms with Crippen molar-refractivity contribution in [2.24, 2.45) is 0 Å². The molecule has 1 aliphatic carbocycles. The first-order valence-electron chi connectivity index (χ1n) is 13.2. The van der Waals surface area contributed by atoms with Gasteiger partial charge in [0.2, 0.25) is 21.8 Å². The van der Waals surface area contributed by atoms with Gasteiger partial charge < -0.3 is 10.2 Å². The third-order valence-corrected chi connectivity index (χ3v) is 8.19. The summed E-state index contributed by atoms with van der Waals surface area (Å²) in [6.07, 6.45) is 6.55. The van der Waals surface area contributed by atoms with E-state index in [1.807, 2.05) is 62.4 Å². The predicted octanol–water partition coefficient (Wildman–Crippen LogP) is 4.37. The number of anilines is 1. The van der Waals surface area contributed by atoms with E-state index in [0.717, 1.165) is 42.4 Å². The molecule has 2 amide bonds. The molecule has 0 radical (unpaired) electrons. The van der Waals surface area contributed by atoms with Crippen LogP contribution in [-0.4, -0.2) is 56.6 Å². The normalized spacial score (nSPS) is 14.8. The summed E-state index contributed by atoms with van der Waals surface area (Å²) < 4.78 is 26.5. The van der Waals surface area contributed by atoms with Crippen molar-refractivity contribution in [3.8, 4) is 0 Å². The average molecular weight is 528 g/mol. The highest BCUT2D eigenvalue weighted by Gasteiger charge is 2.28. The van der Waals surface area contributed by atoms with Crippen molar-refractivity contribution in [2.75, 3.05) is 23.7 Å². The van der Waals surface area contributed by atoms with Crippen LogP contribution in [-0.2, 0) is 26.0 Å². The van der Waals surface area contributed by atoms with Gasteiger partial charge >= 0.3 is 0 Å². The van der Waals surface area contributed by atoms with Gasteiger partial charge in [-0.25, -0.2) is 8.42 Å². The van der Waals surface area contributed by atoms with E-state index in [2.05, 4.69) is 5.32 Å². The van der Waals surface area contributed by atoms with Crippen molar-refractivity contribution in [2.45, 2.75) is 77.8 Å². The first-order valence-corrected chi connectivity index (χ1v) is 15.1. The number of amides is 2. The van der Waals surface area contributed by atoms with Gasteiger partial charge in [-0.3, -0.25) is 13.9 Å². The SMILES string of the molecule is Cc1cc(C)cc(N(CCCC(=O)N(CCc2ccccc2)[C@H](C)C(=O)NC2CCCC2)S(C)(=O)=O)c1. The summed E-state index contributed by atoms with van der Waals surface area (Å²) in [6.45, 7) is 6.27. The fourth-order valence-corrected chi connectivity index (χ4v) is 6.01. The molecule has 0 heterocycles. The zero-order valence-corrected chi connectivity index (χ0v) is 23.4. The van der Waals surface area contributed by atoms with Crippen molar-refractivity contribution in [3.63, 3.8) is 0 Å². The molecule has 1 N–H and O–H groups in total. The number of carbonyl (C=O) groups excluding carboxylic acids is 2. The van der Waals surface area contributed by atoms with Gasteiger partial charge in [0.1, 0.15) is 6.04 Å². The number of nitrogens with zero attached hydrogens (tertiary/aromatic N) is 2. The van der Waals surface area contributed by atoms with Gasteiger partial charge in [0.25, 0.3) is 0 Å². The van der Waals surface area contributed by atoms with E-state index in [1.165, 1.54) is 10.6 Å². The summed E-state index contributed by atoms with van der Waals surface area (Å²) in [5.41, 5.74) is 3.67. The van der Waals surface area contributed by atoms with E-state index in [9.17, 15) is 18.0 Å². The van der Waals surface area contributed by atoms with Gasteiger partial charge in [0, 0.05) is 25.6 Å². The van der Waals surface area contributed by atoms with Crippen molar-refractivity contribution in [1.82, 2.24) is 10.2 Å². The van der Waals surface area contributed by atoms with Crippen LogP contribution in [0.25, 0.3) is 0 Å². The molecule has 0 aliphatic heterocycles. The Kier molecular flexibility index (Phi) is 10.1. The molecular formula is C29H41N3O4S. The molecule has 3 rings (SSSR count). The lowest BCUT2D eigenvalue weighted by molar-refractivity contribution is -0.140. The smallest absolute Gasteiger partial charge is 0.242 e. The second-order valence-electron chi connectivity index (χ2n) is 10.3. The van der Waals surface area contributed by atoms with E-state index in [0.29, 0.717) is 25.1 Å². The van der Waals surface area contributed by atoms with E-state index < -0.39 is 16.1 Å². The van der Waals surface area contributed by atoms with Crippen LogP contribution in [0.3, 0.4) is 0 Å². The summed E-state index contributed by atoms with van der Waals surface area (Å²) in [7, 11) is -3.51. The molecule has 37 heavy (non-hydrogen) atoms. The van der Waals surface area contributed by atoms with E-state index in [-0.39, 0.29) is 30.8 Å². The molecule has 1 aliphatic rings. The van der Waals surface area contributed by atoms with Crippen LogP contribution in [0.5, 0.6) is 0 Å². The molecule has 1 atom stereocenters. The molecule has 0 bridgehead atoms. The molecule has 7 nitrogen and oxygen atoms in total. The maximum atomic E-state index is 13.4. The third-order valence-electron chi connectivity index (χ3n) is 7.00. The van der Waals surface area contributed by atoms with Gasteiger partial charge in [-0.15, -0.1) is 0 Å². The first-order chi connectivity index (χ1) is 17.5. The van der Waals surface area contributed by atoms with Crippen LogP contribution in [0.15, 0.2) is 48.5 Å². The number of hydrogen-bond acceptors (Lipinski definition) is 4. The van der Waals surface area contributed by atoms with Crippen LogP contribution in [0.4, 0.5) is 5.69 Å². The number of hydrogen-bond donors (Lipinski definition) is 1. The molecule has 0 saturated heterocycles. The summed E-state index contributed by atoms with van der Waals surface area (Å²) in [5.74, 6) is -0.264. The van der Waals surface area contributed by atoms with Gasteiger partial charge in [-0.2, -0.15) is 0 Å². The van der Waals surface area contributed by atoms with Gasteiger partial charge in [0.15, 0.2) is 0 Å². The molecule has 2 aromatic rings. The highest BCUT2D eigenvalue weighted by atomic mass is 32.2. The van der Waals surface area contributed by atoms with E-state index in [4.69, 9.17) is 0 Å². The number of carbonyl (C=O) groups is 2. The Morgan fingerprint density at radius 1 is 1.00 bits per heavy atom. The van der Waals surface area contributed by atoms with Crippen LogP contribution in [0, 0.1) is 13.8 Å². The van der Waals surface area contributed by atoms with Crippen LogP contribution < -0.4 is 9.62 Å². The monoisotopic (exact) mass is 527 g/mol. The number of nitrogens with one attached hydrogen (secondary N) is 1. The van der Waals surface area contributed by atoms with E-state index in [1.54, 1.807) is 11.8 Å². The van der Waals surface area contributed by atoms with Crippen LogP contribution in [0.2, 0.25) is 0 Å². The molecule has 8 heteroatoms. The van der Waals surface area contributed by atoms with E-state index >= 15 is 0 Å². The molecule has 0 spiro atoms.